The first-order chi connectivity index (χ1) is 18.5. The van der Waals surface area contributed by atoms with E-state index in [0.717, 1.165) is 0 Å². The summed E-state index contributed by atoms with van der Waals surface area (Å²) in [5, 5.41) is 20.9. The van der Waals surface area contributed by atoms with Crippen LogP contribution < -0.4 is 10.4 Å². The Balaban J connectivity index is 1.60. The SMILES string of the molecule is CC(C)C1CC(OC(=O)c2ccc(C#N)cc2)C2(C)Oc3cc(-c4cccnc4)oc(=O)c3C(O)C2C1(C)C. The van der Waals surface area contributed by atoms with Crippen LogP contribution in [0.25, 0.3) is 11.3 Å². The van der Waals surface area contributed by atoms with Gasteiger partial charge in [0.2, 0.25) is 0 Å². The van der Waals surface area contributed by atoms with Gasteiger partial charge in [-0.1, -0.05) is 27.7 Å². The second kappa shape index (κ2) is 9.65. The van der Waals surface area contributed by atoms with E-state index < -0.39 is 40.7 Å². The Labute approximate surface area is 227 Å². The van der Waals surface area contributed by atoms with Gasteiger partial charge in [-0.3, -0.25) is 4.98 Å². The van der Waals surface area contributed by atoms with Crippen LogP contribution in [0.3, 0.4) is 0 Å². The van der Waals surface area contributed by atoms with Crippen LogP contribution in [0.5, 0.6) is 5.75 Å². The summed E-state index contributed by atoms with van der Waals surface area (Å²) in [4.78, 5) is 30.6. The molecule has 0 amide bonds. The highest BCUT2D eigenvalue weighted by atomic mass is 16.6. The number of aromatic nitrogens is 1. The number of ether oxygens (including phenoxy) is 2. The molecule has 2 aliphatic rings. The highest BCUT2D eigenvalue weighted by molar-refractivity contribution is 5.89. The molecule has 1 aromatic carbocycles. The Hall–Kier alpha value is -3.96. The first kappa shape index (κ1) is 26.6. The molecule has 202 valence electrons. The third kappa shape index (κ3) is 4.41. The minimum absolute atomic E-state index is 0.0517. The van der Waals surface area contributed by atoms with Crippen molar-refractivity contribution in [1.29, 1.82) is 5.26 Å². The summed E-state index contributed by atoms with van der Waals surface area (Å²) in [5.74, 6) is -0.393. The van der Waals surface area contributed by atoms with E-state index in [1.165, 1.54) is 0 Å². The maximum absolute atomic E-state index is 13.3. The van der Waals surface area contributed by atoms with Gasteiger partial charge >= 0.3 is 11.6 Å². The number of nitriles is 1. The predicted molar refractivity (Wildman–Crippen MR) is 143 cm³/mol. The first-order valence-corrected chi connectivity index (χ1v) is 13.1. The fourth-order valence-corrected chi connectivity index (χ4v) is 6.85. The van der Waals surface area contributed by atoms with Gasteiger partial charge in [-0.25, -0.2) is 9.59 Å². The molecule has 1 aliphatic heterocycles. The average molecular weight is 529 g/mol. The molecular formula is C31H32N2O6. The molecule has 5 atom stereocenters. The van der Waals surface area contributed by atoms with Gasteiger partial charge in [0.05, 0.1) is 23.3 Å². The van der Waals surface area contributed by atoms with Crippen molar-refractivity contribution in [2.45, 2.75) is 58.8 Å². The fourth-order valence-electron chi connectivity index (χ4n) is 6.85. The van der Waals surface area contributed by atoms with Crippen LogP contribution in [0.15, 0.2) is 64.1 Å². The van der Waals surface area contributed by atoms with E-state index in [2.05, 4.69) is 32.7 Å². The van der Waals surface area contributed by atoms with Crippen molar-refractivity contribution in [3.05, 3.63) is 82.0 Å². The normalized spacial score (nSPS) is 27.0. The number of nitrogens with zero attached hydrogens (tertiary/aromatic N) is 2. The third-order valence-electron chi connectivity index (χ3n) is 8.62. The fraction of sp³-hybridized carbons (Fsp3) is 0.419. The van der Waals surface area contributed by atoms with Gasteiger partial charge in [0.25, 0.3) is 0 Å². The largest absolute Gasteiger partial charge is 0.482 e. The minimum atomic E-state index is -1.20. The van der Waals surface area contributed by atoms with Crippen molar-refractivity contribution in [2.75, 3.05) is 0 Å². The minimum Gasteiger partial charge on any atom is -0.482 e. The van der Waals surface area contributed by atoms with Gasteiger partial charge in [-0.2, -0.15) is 5.26 Å². The summed E-state index contributed by atoms with van der Waals surface area (Å²) < 4.78 is 18.4. The van der Waals surface area contributed by atoms with Gasteiger partial charge < -0.3 is 19.0 Å². The lowest BCUT2D eigenvalue weighted by atomic mass is 9.51. The van der Waals surface area contributed by atoms with Crippen LogP contribution in [0, 0.1) is 34.5 Å². The van der Waals surface area contributed by atoms with Crippen LogP contribution in [0.4, 0.5) is 0 Å². The number of fused-ring (bicyclic) bond motifs is 2. The van der Waals surface area contributed by atoms with Crippen LogP contribution in [0.2, 0.25) is 0 Å². The lowest BCUT2D eigenvalue weighted by Crippen LogP contribution is -2.67. The Morgan fingerprint density at radius 1 is 1.21 bits per heavy atom. The summed E-state index contributed by atoms with van der Waals surface area (Å²) >= 11 is 0. The average Bonchev–Trinajstić information content (AvgIpc) is 2.89. The lowest BCUT2D eigenvalue weighted by molar-refractivity contribution is -0.219. The van der Waals surface area contributed by atoms with E-state index in [1.54, 1.807) is 54.9 Å². The monoisotopic (exact) mass is 528 g/mol. The molecule has 39 heavy (non-hydrogen) atoms. The summed E-state index contributed by atoms with van der Waals surface area (Å²) in [6.07, 6.45) is 1.79. The van der Waals surface area contributed by atoms with Gasteiger partial charge in [-0.15, -0.1) is 0 Å². The molecule has 1 aliphatic carbocycles. The Morgan fingerprint density at radius 2 is 1.92 bits per heavy atom. The number of hydrogen-bond donors (Lipinski definition) is 1. The summed E-state index contributed by atoms with van der Waals surface area (Å²) in [5.41, 5.74) is -0.882. The second-order valence-corrected chi connectivity index (χ2v) is 11.6. The zero-order valence-electron chi connectivity index (χ0n) is 22.7. The maximum Gasteiger partial charge on any atom is 0.345 e. The van der Waals surface area contributed by atoms with Crippen molar-refractivity contribution >= 4 is 5.97 Å². The molecule has 0 spiro atoms. The molecular weight excluding hydrogens is 496 g/mol. The lowest BCUT2D eigenvalue weighted by Gasteiger charge is -2.60. The molecule has 8 heteroatoms. The van der Waals surface area contributed by atoms with E-state index in [4.69, 9.17) is 19.2 Å². The molecule has 1 N–H and O–H groups in total. The predicted octanol–water partition coefficient (Wildman–Crippen LogP) is 5.30. The van der Waals surface area contributed by atoms with Crippen molar-refractivity contribution in [3.63, 3.8) is 0 Å². The van der Waals surface area contributed by atoms with Crippen LogP contribution >= 0.6 is 0 Å². The molecule has 0 radical (unpaired) electrons. The van der Waals surface area contributed by atoms with E-state index in [-0.39, 0.29) is 28.9 Å². The number of rotatable bonds is 4. The highest BCUT2D eigenvalue weighted by Gasteiger charge is 2.64. The maximum atomic E-state index is 13.3. The summed E-state index contributed by atoms with van der Waals surface area (Å²) in [6, 6.07) is 13.4. The number of pyridine rings is 1. The smallest absolute Gasteiger partial charge is 0.345 e. The first-order valence-electron chi connectivity index (χ1n) is 13.1. The Morgan fingerprint density at radius 3 is 2.54 bits per heavy atom. The second-order valence-electron chi connectivity index (χ2n) is 11.6. The molecule has 1 saturated carbocycles. The van der Waals surface area contributed by atoms with Crippen LogP contribution in [0.1, 0.15) is 68.6 Å². The van der Waals surface area contributed by atoms with Gasteiger partial charge in [0.15, 0.2) is 0 Å². The number of carbonyl (C=O) groups excluding carboxylic acids is 1. The van der Waals surface area contributed by atoms with Gasteiger partial charge in [0.1, 0.15) is 28.8 Å². The molecule has 3 heterocycles. The van der Waals surface area contributed by atoms with Crippen molar-refractivity contribution in [1.82, 2.24) is 4.98 Å². The van der Waals surface area contributed by atoms with E-state index >= 15 is 0 Å². The molecule has 8 nitrogen and oxygen atoms in total. The molecule has 2 aromatic heterocycles. The van der Waals surface area contributed by atoms with Gasteiger partial charge in [-0.05, 0) is 67.0 Å². The van der Waals surface area contributed by atoms with Crippen LogP contribution in [-0.2, 0) is 4.74 Å². The number of benzene rings is 1. The van der Waals surface area contributed by atoms with E-state index in [9.17, 15) is 14.7 Å². The number of aliphatic hydroxyl groups excluding tert-OH is 1. The van der Waals surface area contributed by atoms with Gasteiger partial charge in [0, 0.05) is 29.9 Å². The number of aliphatic hydroxyl groups is 1. The Bertz CT molecular complexity index is 1490. The quantitative estimate of drug-likeness (QED) is 0.453. The number of esters is 1. The van der Waals surface area contributed by atoms with Crippen LogP contribution in [-0.4, -0.2) is 27.8 Å². The summed E-state index contributed by atoms with van der Waals surface area (Å²) in [7, 11) is 0. The topological polar surface area (TPSA) is 123 Å². The van der Waals surface area contributed by atoms with E-state index in [1.807, 2.05) is 13.0 Å². The molecule has 1 fully saturated rings. The zero-order chi connectivity index (χ0) is 28.1. The zero-order valence-corrected chi connectivity index (χ0v) is 22.7. The van der Waals surface area contributed by atoms with Crippen molar-refractivity contribution in [3.8, 4) is 23.1 Å². The third-order valence-corrected chi connectivity index (χ3v) is 8.62. The number of carbonyl (C=O) groups is 1. The molecule has 5 rings (SSSR count). The summed E-state index contributed by atoms with van der Waals surface area (Å²) in [6.45, 7) is 10.2. The molecule has 0 saturated heterocycles. The standard InChI is InChI=1S/C31H32N2O6/c1-17(2)21-13-24(38-28(35)19-10-8-18(15-32)9-11-19)31(5)27(30(21,3)4)26(34)25-23(39-31)14-22(37-29(25)36)20-7-6-12-33-16-20/h6-12,14,16-17,21,24,26-27,34H,13H2,1-5H3. The molecule has 3 aromatic rings. The van der Waals surface area contributed by atoms with E-state index in [0.29, 0.717) is 23.1 Å². The van der Waals surface area contributed by atoms with Crippen molar-refractivity contribution in [2.24, 2.45) is 23.2 Å². The highest BCUT2D eigenvalue weighted by Crippen LogP contribution is 2.61. The Kier molecular flexibility index (Phi) is 6.59. The molecule has 5 unspecified atom stereocenters. The number of hydrogen-bond acceptors (Lipinski definition) is 8. The molecule has 0 bridgehead atoms. The van der Waals surface area contributed by atoms with Crippen molar-refractivity contribution < 1.29 is 23.8 Å².